The summed E-state index contributed by atoms with van der Waals surface area (Å²) in [6.07, 6.45) is 0.141. The normalized spacial score (nSPS) is 9.79. The number of halogens is 2. The number of carbonyl (C=O) groups excluding carboxylic acids is 1. The summed E-state index contributed by atoms with van der Waals surface area (Å²) in [6.45, 7) is 3.11. The summed E-state index contributed by atoms with van der Waals surface area (Å²) >= 11 is 0. The van der Waals surface area contributed by atoms with Gasteiger partial charge in [0.2, 0.25) is 0 Å². The number of rotatable bonds is 4. The second-order valence-electron chi connectivity index (χ2n) is 3.27. The molecular formula is C11H9F2NO5. The number of ether oxygens (including phenoxy) is 1. The predicted octanol–water partition coefficient (Wildman–Crippen LogP) is 2.10. The fraction of sp³-hybridized carbons (Fsp3) is 0.0909. The summed E-state index contributed by atoms with van der Waals surface area (Å²) in [4.78, 5) is 21.8. The number of aromatic hydroxyl groups is 1. The number of hydrogen-bond acceptors (Lipinski definition) is 4. The molecule has 0 spiro atoms. The molecule has 1 aromatic rings. The number of carbonyl (C=O) groups is 2. The lowest BCUT2D eigenvalue weighted by atomic mass is 10.1. The van der Waals surface area contributed by atoms with Gasteiger partial charge in [-0.05, 0) is 6.07 Å². The monoisotopic (exact) mass is 273 g/mol. The molecule has 0 heterocycles. The molecule has 1 amide bonds. The maximum atomic E-state index is 13.4. The van der Waals surface area contributed by atoms with Crippen LogP contribution in [0.15, 0.2) is 18.7 Å². The Balaban J connectivity index is 3.11. The Morgan fingerprint density at radius 2 is 2.05 bits per heavy atom. The van der Waals surface area contributed by atoms with E-state index in [1.165, 1.54) is 6.08 Å². The zero-order valence-electron chi connectivity index (χ0n) is 9.44. The number of anilines is 1. The zero-order valence-corrected chi connectivity index (χ0v) is 9.44. The quantitative estimate of drug-likeness (QED) is 0.730. The van der Waals surface area contributed by atoms with Crippen molar-refractivity contribution >= 4 is 17.7 Å². The number of amides is 1. The topological polar surface area (TPSA) is 95.9 Å². The van der Waals surface area contributed by atoms with Crippen LogP contribution >= 0.6 is 0 Å². The van der Waals surface area contributed by atoms with Gasteiger partial charge >= 0.3 is 12.1 Å². The maximum absolute atomic E-state index is 13.4. The molecule has 3 N–H and O–H groups in total. The number of aromatic carboxylic acids is 1. The molecule has 0 fully saturated rings. The first-order chi connectivity index (χ1) is 8.88. The molecule has 6 nitrogen and oxygen atoms in total. The minimum Gasteiger partial charge on any atom is -0.503 e. The number of hydrogen-bond donors (Lipinski definition) is 3. The van der Waals surface area contributed by atoms with Crippen molar-refractivity contribution in [3.63, 3.8) is 0 Å². The minimum absolute atomic E-state index is 0.160. The van der Waals surface area contributed by atoms with E-state index in [0.29, 0.717) is 6.07 Å². The Kier molecular flexibility index (Phi) is 4.41. The van der Waals surface area contributed by atoms with Crippen LogP contribution in [0, 0.1) is 11.6 Å². The van der Waals surface area contributed by atoms with E-state index >= 15 is 0 Å². The molecule has 102 valence electrons. The van der Waals surface area contributed by atoms with E-state index in [-0.39, 0.29) is 6.61 Å². The molecule has 1 rings (SSSR count). The summed E-state index contributed by atoms with van der Waals surface area (Å²) in [6, 6.07) is 0.530. The van der Waals surface area contributed by atoms with Crippen molar-refractivity contribution < 1.29 is 33.3 Å². The lowest BCUT2D eigenvalue weighted by molar-refractivity contribution is 0.0690. The minimum atomic E-state index is -1.73. The molecule has 0 bridgehead atoms. The van der Waals surface area contributed by atoms with E-state index in [1.54, 1.807) is 0 Å². The number of phenols is 1. The van der Waals surface area contributed by atoms with Crippen LogP contribution < -0.4 is 5.32 Å². The molecule has 19 heavy (non-hydrogen) atoms. The highest BCUT2D eigenvalue weighted by molar-refractivity contribution is 5.92. The van der Waals surface area contributed by atoms with E-state index in [0.717, 1.165) is 0 Å². The molecule has 0 unspecified atom stereocenters. The standard InChI is InChI=1S/C11H9F2NO5/c1-2-3-19-11(18)14-6-4-5(10(16)17)7(12)9(15)8(6)13/h2,4,15H,1,3H2,(H,14,18)(H,16,17). The molecule has 0 atom stereocenters. The average molecular weight is 273 g/mol. The largest absolute Gasteiger partial charge is 0.503 e. The van der Waals surface area contributed by atoms with Crippen LogP contribution in [-0.4, -0.2) is 28.9 Å². The number of nitrogens with one attached hydrogen (secondary N) is 1. The molecule has 0 aliphatic carbocycles. The Morgan fingerprint density at radius 1 is 1.42 bits per heavy atom. The van der Waals surface area contributed by atoms with Crippen LogP contribution in [0.25, 0.3) is 0 Å². The first kappa shape index (κ1) is 14.4. The van der Waals surface area contributed by atoms with Gasteiger partial charge in [-0.2, -0.15) is 0 Å². The fourth-order valence-corrected chi connectivity index (χ4v) is 1.15. The van der Waals surface area contributed by atoms with Crippen molar-refractivity contribution in [2.75, 3.05) is 11.9 Å². The lowest BCUT2D eigenvalue weighted by Crippen LogP contribution is -2.16. The van der Waals surface area contributed by atoms with Crippen LogP contribution in [0.3, 0.4) is 0 Å². The van der Waals surface area contributed by atoms with Gasteiger partial charge in [0, 0.05) is 0 Å². The Hall–Kier alpha value is -2.64. The first-order valence-electron chi connectivity index (χ1n) is 4.87. The van der Waals surface area contributed by atoms with E-state index in [2.05, 4.69) is 11.3 Å². The molecule has 0 radical (unpaired) electrons. The molecule has 0 aliphatic heterocycles. The molecule has 0 saturated heterocycles. The third-order valence-electron chi connectivity index (χ3n) is 1.98. The average Bonchev–Trinajstić information content (AvgIpc) is 2.36. The van der Waals surface area contributed by atoms with E-state index in [4.69, 9.17) is 10.2 Å². The third-order valence-corrected chi connectivity index (χ3v) is 1.98. The highest BCUT2D eigenvalue weighted by Gasteiger charge is 2.23. The van der Waals surface area contributed by atoms with Gasteiger partial charge in [-0.3, -0.25) is 5.32 Å². The summed E-state index contributed by atoms with van der Waals surface area (Å²) < 4.78 is 31.1. The van der Waals surface area contributed by atoms with Gasteiger partial charge < -0.3 is 14.9 Å². The Labute approximate surface area is 105 Å². The van der Waals surface area contributed by atoms with Crippen LogP contribution in [0.5, 0.6) is 5.75 Å². The summed E-state index contributed by atoms with van der Waals surface area (Å²) in [7, 11) is 0. The van der Waals surface area contributed by atoms with Gasteiger partial charge in [-0.25, -0.2) is 18.4 Å². The Bertz CT molecular complexity index is 544. The van der Waals surface area contributed by atoms with Gasteiger partial charge in [0.15, 0.2) is 17.4 Å². The van der Waals surface area contributed by atoms with Crippen molar-refractivity contribution in [2.24, 2.45) is 0 Å². The number of benzene rings is 1. The van der Waals surface area contributed by atoms with Crippen molar-refractivity contribution in [1.82, 2.24) is 0 Å². The number of carboxylic acid groups (broad SMARTS) is 1. The summed E-state index contributed by atoms with van der Waals surface area (Å²) in [5, 5.41) is 19.6. The van der Waals surface area contributed by atoms with Gasteiger partial charge in [-0.15, -0.1) is 0 Å². The zero-order chi connectivity index (χ0) is 14.6. The summed E-state index contributed by atoms with van der Waals surface area (Å²) in [5.74, 6) is -6.36. The van der Waals surface area contributed by atoms with E-state index in [1.807, 2.05) is 5.32 Å². The van der Waals surface area contributed by atoms with Crippen LogP contribution in [0.1, 0.15) is 10.4 Å². The Morgan fingerprint density at radius 3 is 2.58 bits per heavy atom. The van der Waals surface area contributed by atoms with Gasteiger partial charge in [0.1, 0.15) is 12.2 Å². The van der Waals surface area contributed by atoms with Crippen molar-refractivity contribution in [1.29, 1.82) is 0 Å². The van der Waals surface area contributed by atoms with Crippen LogP contribution in [-0.2, 0) is 4.74 Å². The first-order valence-corrected chi connectivity index (χ1v) is 4.87. The van der Waals surface area contributed by atoms with Crippen molar-refractivity contribution in [2.45, 2.75) is 0 Å². The maximum Gasteiger partial charge on any atom is 0.412 e. The van der Waals surface area contributed by atoms with Gasteiger partial charge in [0.25, 0.3) is 0 Å². The van der Waals surface area contributed by atoms with Crippen LogP contribution in [0.4, 0.5) is 19.3 Å². The second-order valence-corrected chi connectivity index (χ2v) is 3.27. The highest BCUT2D eigenvalue weighted by atomic mass is 19.1. The molecular weight excluding hydrogens is 264 g/mol. The molecule has 8 heteroatoms. The molecule has 0 aromatic heterocycles. The SMILES string of the molecule is C=CCOC(=O)Nc1cc(C(=O)O)c(F)c(O)c1F. The number of carboxylic acids is 1. The van der Waals surface area contributed by atoms with E-state index in [9.17, 15) is 18.4 Å². The van der Waals surface area contributed by atoms with Crippen LogP contribution in [0.2, 0.25) is 0 Å². The molecule has 0 saturated carbocycles. The van der Waals surface area contributed by atoms with E-state index < -0.39 is 40.7 Å². The van der Waals surface area contributed by atoms with Gasteiger partial charge in [-0.1, -0.05) is 12.7 Å². The lowest BCUT2D eigenvalue weighted by Gasteiger charge is -2.09. The molecule has 0 aliphatic rings. The second kappa shape index (κ2) is 5.80. The summed E-state index contributed by atoms with van der Waals surface area (Å²) in [5.41, 5.74) is -1.71. The van der Waals surface area contributed by atoms with Crippen molar-refractivity contribution in [3.05, 3.63) is 35.9 Å². The third kappa shape index (κ3) is 3.18. The fourth-order valence-electron chi connectivity index (χ4n) is 1.15. The highest BCUT2D eigenvalue weighted by Crippen LogP contribution is 2.30. The van der Waals surface area contributed by atoms with Gasteiger partial charge in [0.05, 0.1) is 5.69 Å². The molecule has 1 aromatic carbocycles. The smallest absolute Gasteiger partial charge is 0.412 e. The number of phenolic OH excluding ortho intramolecular Hbond substituents is 1. The predicted molar refractivity (Wildman–Crippen MR) is 60.1 cm³/mol. The van der Waals surface area contributed by atoms with Crippen molar-refractivity contribution in [3.8, 4) is 5.75 Å².